The number of aryl methyl sites for hydroxylation is 2. The molecule has 0 spiro atoms. The Labute approximate surface area is 145 Å². The second kappa shape index (κ2) is 5.77. The first-order chi connectivity index (χ1) is 12.1. The number of benzene rings is 2. The van der Waals surface area contributed by atoms with Crippen molar-refractivity contribution in [1.82, 2.24) is 14.3 Å². The predicted molar refractivity (Wildman–Crippen MR) is 99.3 cm³/mol. The van der Waals surface area contributed by atoms with Crippen LogP contribution in [0.15, 0.2) is 53.5 Å². The van der Waals surface area contributed by atoms with Gasteiger partial charge in [-0.15, -0.1) is 0 Å². The summed E-state index contributed by atoms with van der Waals surface area (Å²) in [5.74, 6) is 0.770. The molecule has 0 amide bonds. The van der Waals surface area contributed by atoms with E-state index in [-0.39, 0.29) is 5.56 Å². The number of fused-ring (bicyclic) bond motifs is 3. The Hall–Kier alpha value is -3.08. The minimum absolute atomic E-state index is 0.0864. The third kappa shape index (κ3) is 2.48. The fraction of sp³-hybridized carbons (Fsp3) is 0.200. The SMILES string of the molecule is COc1ccc2c3cnn(Cc4cccc(C)c4)c(=O)c3n(C)c2c1. The van der Waals surface area contributed by atoms with Gasteiger partial charge in [0, 0.05) is 23.9 Å². The van der Waals surface area contributed by atoms with Gasteiger partial charge in [0.1, 0.15) is 11.3 Å². The third-order valence-corrected chi connectivity index (χ3v) is 4.63. The standard InChI is InChI=1S/C20H19N3O2/c1-13-5-4-6-14(9-13)12-23-20(24)19-17(11-21-23)16-8-7-15(25-3)10-18(16)22(19)2/h4-11H,12H2,1-3H3. The average molecular weight is 333 g/mol. The largest absolute Gasteiger partial charge is 0.497 e. The van der Waals surface area contributed by atoms with Gasteiger partial charge in [0.25, 0.3) is 5.56 Å². The second-order valence-corrected chi connectivity index (χ2v) is 6.30. The Morgan fingerprint density at radius 3 is 2.72 bits per heavy atom. The summed E-state index contributed by atoms with van der Waals surface area (Å²) >= 11 is 0. The molecule has 5 nitrogen and oxygen atoms in total. The van der Waals surface area contributed by atoms with Crippen molar-refractivity contribution in [2.24, 2.45) is 7.05 Å². The zero-order chi connectivity index (χ0) is 17.6. The zero-order valence-electron chi connectivity index (χ0n) is 14.5. The van der Waals surface area contributed by atoms with Gasteiger partial charge in [-0.1, -0.05) is 29.8 Å². The minimum atomic E-state index is -0.0864. The summed E-state index contributed by atoms with van der Waals surface area (Å²) in [4.78, 5) is 13.0. The summed E-state index contributed by atoms with van der Waals surface area (Å²) in [6.45, 7) is 2.50. The highest BCUT2D eigenvalue weighted by Crippen LogP contribution is 2.28. The summed E-state index contributed by atoms with van der Waals surface area (Å²) in [5.41, 5.74) is 3.77. The lowest BCUT2D eigenvalue weighted by Gasteiger charge is -2.06. The number of methoxy groups -OCH3 is 1. The van der Waals surface area contributed by atoms with Crippen molar-refractivity contribution >= 4 is 21.8 Å². The molecule has 0 unspecified atom stereocenters. The van der Waals surface area contributed by atoms with E-state index in [1.165, 1.54) is 10.2 Å². The van der Waals surface area contributed by atoms with E-state index in [1.54, 1.807) is 13.3 Å². The molecule has 0 bridgehead atoms. The summed E-state index contributed by atoms with van der Waals surface area (Å²) in [6, 6.07) is 13.9. The zero-order valence-corrected chi connectivity index (χ0v) is 14.5. The maximum Gasteiger partial charge on any atom is 0.291 e. The van der Waals surface area contributed by atoms with Crippen molar-refractivity contribution in [3.05, 3.63) is 70.1 Å². The van der Waals surface area contributed by atoms with Gasteiger partial charge >= 0.3 is 0 Å². The Balaban J connectivity index is 1.91. The van der Waals surface area contributed by atoms with E-state index in [4.69, 9.17) is 4.74 Å². The molecular weight excluding hydrogens is 314 g/mol. The molecular formula is C20H19N3O2. The van der Waals surface area contributed by atoms with Crippen LogP contribution in [0.5, 0.6) is 5.75 Å². The molecule has 2 aromatic heterocycles. The second-order valence-electron chi connectivity index (χ2n) is 6.30. The molecule has 25 heavy (non-hydrogen) atoms. The fourth-order valence-electron chi connectivity index (χ4n) is 3.36. The van der Waals surface area contributed by atoms with Crippen LogP contribution in [-0.4, -0.2) is 21.5 Å². The minimum Gasteiger partial charge on any atom is -0.497 e. The Morgan fingerprint density at radius 1 is 1.12 bits per heavy atom. The van der Waals surface area contributed by atoms with Crippen LogP contribution in [0.4, 0.5) is 0 Å². The highest BCUT2D eigenvalue weighted by Gasteiger charge is 2.14. The smallest absolute Gasteiger partial charge is 0.291 e. The quantitative estimate of drug-likeness (QED) is 0.578. The molecule has 0 fully saturated rings. The molecule has 2 heterocycles. The van der Waals surface area contributed by atoms with Crippen LogP contribution in [0.25, 0.3) is 21.8 Å². The van der Waals surface area contributed by atoms with Crippen LogP contribution in [-0.2, 0) is 13.6 Å². The molecule has 0 aliphatic carbocycles. The van der Waals surface area contributed by atoms with E-state index in [9.17, 15) is 4.79 Å². The number of ether oxygens (including phenoxy) is 1. The molecule has 0 aliphatic rings. The normalized spacial score (nSPS) is 11.3. The summed E-state index contributed by atoms with van der Waals surface area (Å²) in [7, 11) is 3.54. The topological polar surface area (TPSA) is 49.1 Å². The molecule has 0 radical (unpaired) electrons. The first-order valence-electron chi connectivity index (χ1n) is 8.16. The van der Waals surface area contributed by atoms with E-state index >= 15 is 0 Å². The summed E-state index contributed by atoms with van der Waals surface area (Å²) in [6.07, 6.45) is 1.78. The van der Waals surface area contributed by atoms with Gasteiger partial charge in [0.05, 0.1) is 25.4 Å². The van der Waals surface area contributed by atoms with Gasteiger partial charge in [0.15, 0.2) is 0 Å². The van der Waals surface area contributed by atoms with Crippen molar-refractivity contribution in [3.8, 4) is 5.75 Å². The first kappa shape index (κ1) is 15.4. The van der Waals surface area contributed by atoms with Crippen LogP contribution >= 0.6 is 0 Å². The van der Waals surface area contributed by atoms with Crippen LogP contribution in [0, 0.1) is 6.92 Å². The number of hydrogen-bond acceptors (Lipinski definition) is 3. The molecule has 0 atom stereocenters. The van der Waals surface area contributed by atoms with Gasteiger partial charge in [-0.05, 0) is 24.6 Å². The summed E-state index contributed by atoms with van der Waals surface area (Å²) in [5, 5.41) is 6.27. The number of nitrogens with zero attached hydrogens (tertiary/aromatic N) is 3. The lowest BCUT2D eigenvalue weighted by atomic mass is 10.1. The lowest BCUT2D eigenvalue weighted by Crippen LogP contribution is -2.24. The van der Waals surface area contributed by atoms with E-state index in [1.807, 2.05) is 54.9 Å². The number of rotatable bonds is 3. The average Bonchev–Trinajstić information content (AvgIpc) is 2.90. The van der Waals surface area contributed by atoms with Crippen LogP contribution in [0.1, 0.15) is 11.1 Å². The fourth-order valence-corrected chi connectivity index (χ4v) is 3.36. The number of aromatic nitrogens is 3. The van der Waals surface area contributed by atoms with Crippen LogP contribution in [0.2, 0.25) is 0 Å². The van der Waals surface area contributed by atoms with E-state index in [0.717, 1.165) is 27.6 Å². The van der Waals surface area contributed by atoms with E-state index in [0.29, 0.717) is 12.1 Å². The van der Waals surface area contributed by atoms with Crippen molar-refractivity contribution < 1.29 is 4.74 Å². The van der Waals surface area contributed by atoms with Gasteiger partial charge in [-0.3, -0.25) is 4.79 Å². The molecule has 0 aliphatic heterocycles. The monoisotopic (exact) mass is 333 g/mol. The highest BCUT2D eigenvalue weighted by atomic mass is 16.5. The van der Waals surface area contributed by atoms with Crippen LogP contribution < -0.4 is 10.3 Å². The van der Waals surface area contributed by atoms with Crippen LogP contribution in [0.3, 0.4) is 0 Å². The first-order valence-corrected chi connectivity index (χ1v) is 8.16. The maximum atomic E-state index is 13.0. The highest BCUT2D eigenvalue weighted by molar-refractivity contribution is 6.07. The third-order valence-electron chi connectivity index (χ3n) is 4.63. The molecule has 126 valence electrons. The lowest BCUT2D eigenvalue weighted by molar-refractivity contribution is 0.415. The Kier molecular flexibility index (Phi) is 3.57. The Morgan fingerprint density at radius 2 is 1.96 bits per heavy atom. The summed E-state index contributed by atoms with van der Waals surface area (Å²) < 4.78 is 8.75. The molecule has 0 saturated heterocycles. The maximum absolute atomic E-state index is 13.0. The molecule has 4 rings (SSSR count). The van der Waals surface area contributed by atoms with Gasteiger partial charge in [0.2, 0.25) is 0 Å². The number of hydrogen-bond donors (Lipinski definition) is 0. The molecule has 5 heteroatoms. The predicted octanol–water partition coefficient (Wildman–Crippen LogP) is 3.25. The van der Waals surface area contributed by atoms with E-state index < -0.39 is 0 Å². The van der Waals surface area contributed by atoms with Crippen molar-refractivity contribution in [1.29, 1.82) is 0 Å². The molecule has 2 aromatic carbocycles. The van der Waals surface area contributed by atoms with Crippen molar-refractivity contribution in [2.75, 3.05) is 7.11 Å². The molecule has 0 saturated carbocycles. The Bertz CT molecular complexity index is 1150. The van der Waals surface area contributed by atoms with Gasteiger partial charge < -0.3 is 9.30 Å². The van der Waals surface area contributed by atoms with E-state index in [2.05, 4.69) is 11.2 Å². The molecule has 4 aromatic rings. The van der Waals surface area contributed by atoms with Gasteiger partial charge in [-0.25, -0.2) is 4.68 Å². The molecule has 0 N–H and O–H groups in total. The van der Waals surface area contributed by atoms with Crippen molar-refractivity contribution in [3.63, 3.8) is 0 Å². The van der Waals surface area contributed by atoms with Gasteiger partial charge in [-0.2, -0.15) is 5.10 Å². The van der Waals surface area contributed by atoms with Crippen molar-refractivity contribution in [2.45, 2.75) is 13.5 Å².